The fourth-order valence-corrected chi connectivity index (χ4v) is 3.30. The molecule has 0 saturated carbocycles. The number of aromatic amines is 1. The minimum atomic E-state index is -4.69. The number of H-pyrrole nitrogens is 1. The Kier molecular flexibility index (Phi) is 6.01. The smallest absolute Gasteiger partial charge is 0.416 e. The lowest BCUT2D eigenvalue weighted by Crippen LogP contribution is -2.22. The maximum Gasteiger partial charge on any atom is 0.416 e. The van der Waals surface area contributed by atoms with Crippen LogP contribution in [0.15, 0.2) is 47.5 Å². The van der Waals surface area contributed by atoms with Crippen LogP contribution < -0.4 is 15.6 Å². The summed E-state index contributed by atoms with van der Waals surface area (Å²) in [4.78, 5) is 16.9. The number of rotatable bonds is 6. The van der Waals surface area contributed by atoms with Crippen molar-refractivity contribution in [3.05, 3.63) is 81.4 Å². The molecule has 4 aromatic rings. The molecule has 4 rings (SSSR count). The predicted molar refractivity (Wildman–Crippen MR) is 113 cm³/mol. The van der Waals surface area contributed by atoms with E-state index in [-0.39, 0.29) is 18.1 Å². The van der Waals surface area contributed by atoms with E-state index in [1.165, 1.54) is 17.0 Å². The molecule has 2 N–H and O–H groups in total. The fourth-order valence-electron chi connectivity index (χ4n) is 3.30. The Labute approximate surface area is 189 Å². The zero-order chi connectivity index (χ0) is 24.5. The summed E-state index contributed by atoms with van der Waals surface area (Å²) in [5.41, 5.74) is -0.128. The molecule has 34 heavy (non-hydrogen) atoms. The molecule has 9 nitrogen and oxygen atoms in total. The van der Waals surface area contributed by atoms with E-state index in [9.17, 15) is 22.4 Å². The third kappa shape index (κ3) is 4.72. The van der Waals surface area contributed by atoms with Crippen molar-refractivity contribution in [1.29, 1.82) is 0 Å². The van der Waals surface area contributed by atoms with Crippen LogP contribution in [0, 0.1) is 19.7 Å². The van der Waals surface area contributed by atoms with Gasteiger partial charge in [-0.3, -0.25) is 9.36 Å². The van der Waals surface area contributed by atoms with Crippen LogP contribution in [0.25, 0.3) is 5.69 Å². The predicted octanol–water partition coefficient (Wildman–Crippen LogP) is 3.84. The number of hydrogen-bond donors (Lipinski definition) is 2. The van der Waals surface area contributed by atoms with Crippen LogP contribution in [0.2, 0.25) is 0 Å². The Bertz CT molecular complexity index is 1360. The van der Waals surface area contributed by atoms with Crippen molar-refractivity contribution < 1.29 is 22.3 Å². The lowest BCUT2D eigenvalue weighted by molar-refractivity contribution is -0.137. The van der Waals surface area contributed by atoms with E-state index in [4.69, 9.17) is 4.74 Å². The number of nitrogens with zero attached hydrogens (tertiary/aromatic N) is 5. The lowest BCUT2D eigenvalue weighted by Gasteiger charge is -2.15. The molecule has 0 radical (unpaired) electrons. The van der Waals surface area contributed by atoms with Gasteiger partial charge in [-0.1, -0.05) is 5.21 Å². The van der Waals surface area contributed by atoms with Crippen LogP contribution in [-0.4, -0.2) is 30.2 Å². The summed E-state index contributed by atoms with van der Waals surface area (Å²) >= 11 is 0. The van der Waals surface area contributed by atoms with Crippen molar-refractivity contribution in [2.45, 2.75) is 26.6 Å². The molecule has 0 aliphatic rings. The van der Waals surface area contributed by atoms with E-state index in [1.807, 2.05) is 0 Å². The van der Waals surface area contributed by atoms with E-state index in [0.717, 1.165) is 17.2 Å². The summed E-state index contributed by atoms with van der Waals surface area (Å²) in [7, 11) is 0. The number of alkyl halides is 3. The van der Waals surface area contributed by atoms with Crippen LogP contribution in [0.4, 0.5) is 29.1 Å². The summed E-state index contributed by atoms with van der Waals surface area (Å²) in [5.74, 6) is -0.463. The largest absolute Gasteiger partial charge is 0.485 e. The number of aromatic nitrogens is 6. The lowest BCUT2D eigenvalue weighted by atomic mass is 10.1. The van der Waals surface area contributed by atoms with Gasteiger partial charge in [-0.15, -0.1) is 10.2 Å². The molecule has 0 aliphatic carbocycles. The van der Waals surface area contributed by atoms with Crippen molar-refractivity contribution >= 4 is 11.5 Å². The Morgan fingerprint density at radius 3 is 2.50 bits per heavy atom. The molecule has 0 saturated heterocycles. The van der Waals surface area contributed by atoms with Crippen LogP contribution in [-0.2, 0) is 12.8 Å². The summed E-state index contributed by atoms with van der Waals surface area (Å²) in [6, 6.07) is 5.39. The van der Waals surface area contributed by atoms with E-state index < -0.39 is 23.1 Å². The Hall–Kier alpha value is -4.29. The van der Waals surface area contributed by atoms with Crippen LogP contribution in [0.1, 0.15) is 22.5 Å². The van der Waals surface area contributed by atoms with E-state index in [0.29, 0.717) is 29.4 Å². The van der Waals surface area contributed by atoms with Gasteiger partial charge < -0.3 is 10.1 Å². The number of tetrazole rings is 1. The first-order valence-corrected chi connectivity index (χ1v) is 9.81. The van der Waals surface area contributed by atoms with Crippen LogP contribution >= 0.6 is 0 Å². The Morgan fingerprint density at radius 2 is 1.88 bits per heavy atom. The normalized spacial score (nSPS) is 11.5. The molecule has 0 spiro atoms. The molecule has 2 aromatic heterocycles. The molecular weight excluding hydrogens is 458 g/mol. The van der Waals surface area contributed by atoms with Gasteiger partial charge in [0.25, 0.3) is 5.56 Å². The van der Waals surface area contributed by atoms with Gasteiger partial charge in [0.1, 0.15) is 11.6 Å². The molecule has 2 aromatic carbocycles. The average Bonchev–Trinajstić information content (AvgIpc) is 3.28. The minimum absolute atomic E-state index is 0.0967. The van der Waals surface area contributed by atoms with E-state index in [2.05, 4.69) is 30.9 Å². The molecule has 0 fully saturated rings. The van der Waals surface area contributed by atoms with Crippen LogP contribution in [0.3, 0.4) is 0 Å². The zero-order valence-electron chi connectivity index (χ0n) is 17.8. The molecular formula is C21H17F4N7O2. The molecule has 0 atom stereocenters. The summed E-state index contributed by atoms with van der Waals surface area (Å²) in [6.45, 7) is 3.69. The molecule has 0 bridgehead atoms. The van der Waals surface area contributed by atoms with Gasteiger partial charge in [-0.05, 0) is 55.3 Å². The first kappa shape index (κ1) is 22.9. The number of ether oxygens (including phenoxy) is 1. The average molecular weight is 475 g/mol. The summed E-state index contributed by atoms with van der Waals surface area (Å²) < 4.78 is 59.6. The van der Waals surface area contributed by atoms with Crippen molar-refractivity contribution in [1.82, 2.24) is 30.2 Å². The first-order chi connectivity index (χ1) is 16.1. The highest BCUT2D eigenvalue weighted by Crippen LogP contribution is 2.32. The van der Waals surface area contributed by atoms with Gasteiger partial charge in [0.2, 0.25) is 5.82 Å². The van der Waals surface area contributed by atoms with Gasteiger partial charge in [-0.2, -0.15) is 18.4 Å². The van der Waals surface area contributed by atoms with Gasteiger partial charge in [0.05, 0.1) is 11.3 Å². The number of nitrogens with one attached hydrogen (secondary N) is 2. The highest BCUT2D eigenvalue weighted by atomic mass is 19.4. The van der Waals surface area contributed by atoms with Crippen molar-refractivity contribution in [2.75, 3.05) is 5.32 Å². The highest BCUT2D eigenvalue weighted by molar-refractivity contribution is 5.58. The first-order valence-electron chi connectivity index (χ1n) is 9.81. The summed E-state index contributed by atoms with van der Waals surface area (Å²) in [5, 5.41) is 15.9. The quantitative estimate of drug-likeness (QED) is 0.408. The minimum Gasteiger partial charge on any atom is -0.485 e. The molecule has 176 valence electrons. The van der Waals surface area contributed by atoms with Crippen LogP contribution in [0.5, 0.6) is 5.75 Å². The van der Waals surface area contributed by atoms with Crippen molar-refractivity contribution in [3.63, 3.8) is 0 Å². The second-order valence-corrected chi connectivity index (χ2v) is 7.29. The third-order valence-electron chi connectivity index (χ3n) is 4.85. The second kappa shape index (κ2) is 8.92. The zero-order valence-corrected chi connectivity index (χ0v) is 17.8. The molecule has 0 aliphatic heterocycles. The number of benzene rings is 2. The topological polar surface area (TPSA) is 111 Å². The van der Waals surface area contributed by atoms with Gasteiger partial charge in [0, 0.05) is 18.1 Å². The van der Waals surface area contributed by atoms with Crippen molar-refractivity contribution in [2.24, 2.45) is 0 Å². The monoisotopic (exact) mass is 475 g/mol. The number of halogens is 4. The SMILES string of the molecule is Cc1cc(-n2ccnc(Nc3ccc(C(F)(F)F)cc3F)c2=O)cc(C)c1OCc1nn[nH]n1. The number of hydrogen-bond acceptors (Lipinski definition) is 7. The molecule has 0 unspecified atom stereocenters. The fraction of sp³-hybridized carbons (Fsp3) is 0.190. The van der Waals surface area contributed by atoms with E-state index >= 15 is 0 Å². The van der Waals surface area contributed by atoms with Gasteiger partial charge in [0.15, 0.2) is 12.4 Å². The van der Waals surface area contributed by atoms with Crippen molar-refractivity contribution in [3.8, 4) is 11.4 Å². The molecule has 0 amide bonds. The van der Waals surface area contributed by atoms with Gasteiger partial charge >= 0.3 is 6.18 Å². The number of aryl methyl sites for hydroxylation is 2. The number of anilines is 2. The second-order valence-electron chi connectivity index (χ2n) is 7.29. The Morgan fingerprint density at radius 1 is 1.15 bits per heavy atom. The standard InChI is InChI=1S/C21H17F4N7O2/c1-11-7-14(8-12(2)18(11)34-10-17-28-30-31-29-17)32-6-5-26-19(20(32)33)27-16-4-3-13(9-15(16)22)21(23,24)25/h3-9H,10H2,1-2H3,(H,26,27)(H,28,29,30,31). The maximum absolute atomic E-state index is 14.2. The third-order valence-corrected chi connectivity index (χ3v) is 4.85. The highest BCUT2D eigenvalue weighted by Gasteiger charge is 2.31. The van der Waals surface area contributed by atoms with Gasteiger partial charge in [-0.25, -0.2) is 9.37 Å². The maximum atomic E-state index is 14.2. The van der Waals surface area contributed by atoms with E-state index in [1.54, 1.807) is 26.0 Å². The Balaban J connectivity index is 1.61. The molecule has 13 heteroatoms. The molecule has 2 heterocycles. The summed E-state index contributed by atoms with van der Waals surface area (Å²) in [6.07, 6.45) is -1.95.